The number of nitrogens with zero attached hydrogens (tertiary/aromatic N) is 1. The van der Waals surface area contributed by atoms with E-state index in [1.54, 1.807) is 0 Å². The summed E-state index contributed by atoms with van der Waals surface area (Å²) in [7, 11) is 0. The third-order valence-corrected chi connectivity index (χ3v) is 4.34. The van der Waals surface area contributed by atoms with Crippen molar-refractivity contribution in [2.24, 2.45) is 0 Å². The number of ether oxygens (including phenoxy) is 1. The van der Waals surface area contributed by atoms with Gasteiger partial charge in [-0.2, -0.15) is 0 Å². The molecule has 3 rings (SSSR count). The van der Waals surface area contributed by atoms with Gasteiger partial charge in [0.25, 0.3) is 0 Å². The maximum absolute atomic E-state index is 12.6. The average Bonchev–Trinajstić information content (AvgIpc) is 2.88. The molecule has 0 N–H and O–H groups in total. The Morgan fingerprint density at radius 2 is 2.21 bits per heavy atom. The Kier molecular flexibility index (Phi) is 3.42. The minimum atomic E-state index is -0.283. The van der Waals surface area contributed by atoms with Crippen molar-refractivity contribution in [3.8, 4) is 0 Å². The first-order chi connectivity index (χ1) is 9.15. The number of carbonyl (C=O) groups excluding carboxylic acids is 1. The Labute approximate surface area is 114 Å². The van der Waals surface area contributed by atoms with Crippen LogP contribution >= 0.6 is 0 Å². The summed E-state index contributed by atoms with van der Waals surface area (Å²) < 4.78 is 5.81. The topological polar surface area (TPSA) is 29.5 Å². The Bertz CT molecular complexity index is 498. The SMILES string of the molecule is Cc1ccc(C)c(C(=O)C2CN3CCCC3CO2)c1. The molecule has 2 aliphatic rings. The van der Waals surface area contributed by atoms with Crippen LogP contribution in [0.3, 0.4) is 0 Å². The first kappa shape index (κ1) is 12.8. The molecule has 2 heterocycles. The van der Waals surface area contributed by atoms with E-state index in [2.05, 4.69) is 4.90 Å². The smallest absolute Gasteiger partial charge is 0.193 e. The number of rotatable bonds is 2. The molecule has 2 saturated heterocycles. The van der Waals surface area contributed by atoms with Crippen LogP contribution in [0.25, 0.3) is 0 Å². The number of carbonyl (C=O) groups is 1. The molecular formula is C16H21NO2. The fraction of sp³-hybridized carbons (Fsp3) is 0.562. The molecule has 3 nitrogen and oxygen atoms in total. The van der Waals surface area contributed by atoms with Gasteiger partial charge in [0.2, 0.25) is 0 Å². The van der Waals surface area contributed by atoms with Crippen molar-refractivity contribution in [2.45, 2.75) is 38.8 Å². The van der Waals surface area contributed by atoms with E-state index in [0.29, 0.717) is 12.6 Å². The summed E-state index contributed by atoms with van der Waals surface area (Å²) in [6, 6.07) is 6.59. The number of hydrogen-bond acceptors (Lipinski definition) is 3. The van der Waals surface area contributed by atoms with Gasteiger partial charge in [0, 0.05) is 18.2 Å². The van der Waals surface area contributed by atoms with E-state index in [-0.39, 0.29) is 11.9 Å². The standard InChI is InChI=1S/C16H21NO2/c1-11-5-6-12(2)14(8-11)16(18)15-9-17-7-3-4-13(17)10-19-15/h5-6,8,13,15H,3-4,7,9-10H2,1-2H3. The predicted octanol–water partition coefficient (Wildman–Crippen LogP) is 2.35. The van der Waals surface area contributed by atoms with Crippen LogP contribution in [-0.2, 0) is 4.74 Å². The lowest BCUT2D eigenvalue weighted by atomic mass is 9.98. The quantitative estimate of drug-likeness (QED) is 0.764. The second kappa shape index (κ2) is 5.06. The Balaban J connectivity index is 1.78. The Morgan fingerprint density at radius 3 is 3.05 bits per heavy atom. The lowest BCUT2D eigenvalue weighted by molar-refractivity contribution is -0.0344. The maximum atomic E-state index is 12.6. The zero-order chi connectivity index (χ0) is 13.4. The first-order valence-corrected chi connectivity index (χ1v) is 7.12. The van der Waals surface area contributed by atoms with E-state index in [1.165, 1.54) is 12.8 Å². The van der Waals surface area contributed by atoms with Crippen molar-refractivity contribution in [3.05, 3.63) is 34.9 Å². The molecule has 2 atom stereocenters. The molecule has 1 aromatic carbocycles. The van der Waals surface area contributed by atoms with Crippen LogP contribution in [0.15, 0.2) is 18.2 Å². The molecule has 19 heavy (non-hydrogen) atoms. The minimum absolute atomic E-state index is 0.145. The highest BCUT2D eigenvalue weighted by molar-refractivity contribution is 6.01. The van der Waals surface area contributed by atoms with E-state index in [1.807, 2.05) is 32.0 Å². The van der Waals surface area contributed by atoms with Crippen molar-refractivity contribution in [1.82, 2.24) is 4.90 Å². The fourth-order valence-electron chi connectivity index (χ4n) is 3.15. The summed E-state index contributed by atoms with van der Waals surface area (Å²) in [6.07, 6.45) is 2.16. The molecule has 0 amide bonds. The second-order valence-electron chi connectivity index (χ2n) is 5.80. The molecule has 0 spiro atoms. The molecule has 2 fully saturated rings. The van der Waals surface area contributed by atoms with E-state index in [9.17, 15) is 4.79 Å². The molecule has 0 radical (unpaired) electrons. The molecule has 0 bridgehead atoms. The van der Waals surface area contributed by atoms with Crippen molar-refractivity contribution in [3.63, 3.8) is 0 Å². The number of benzene rings is 1. The summed E-state index contributed by atoms with van der Waals surface area (Å²) in [6.45, 7) is 6.60. The van der Waals surface area contributed by atoms with Crippen molar-refractivity contribution < 1.29 is 9.53 Å². The van der Waals surface area contributed by atoms with Gasteiger partial charge in [0.05, 0.1) is 6.61 Å². The van der Waals surface area contributed by atoms with Crippen molar-refractivity contribution in [2.75, 3.05) is 19.7 Å². The van der Waals surface area contributed by atoms with Gasteiger partial charge in [-0.1, -0.05) is 17.7 Å². The minimum Gasteiger partial charge on any atom is -0.367 e. The largest absolute Gasteiger partial charge is 0.367 e. The van der Waals surface area contributed by atoms with Gasteiger partial charge in [0.1, 0.15) is 6.10 Å². The number of hydrogen-bond donors (Lipinski definition) is 0. The Morgan fingerprint density at radius 1 is 1.37 bits per heavy atom. The molecule has 1 aromatic rings. The van der Waals surface area contributed by atoms with Gasteiger partial charge in [-0.05, 0) is 44.9 Å². The highest BCUT2D eigenvalue weighted by atomic mass is 16.5. The lowest BCUT2D eigenvalue weighted by Crippen LogP contribution is -2.49. The van der Waals surface area contributed by atoms with Gasteiger partial charge in [-0.3, -0.25) is 9.69 Å². The van der Waals surface area contributed by atoms with Crippen LogP contribution in [0.1, 0.15) is 34.3 Å². The molecule has 0 saturated carbocycles. The Hall–Kier alpha value is -1.19. The maximum Gasteiger partial charge on any atom is 0.193 e. The van der Waals surface area contributed by atoms with Crippen LogP contribution in [0.5, 0.6) is 0 Å². The van der Waals surface area contributed by atoms with E-state index in [4.69, 9.17) is 4.74 Å². The molecule has 2 aliphatic heterocycles. The van der Waals surface area contributed by atoms with Crippen LogP contribution in [0.4, 0.5) is 0 Å². The normalized spacial score (nSPS) is 27.3. The zero-order valence-corrected chi connectivity index (χ0v) is 11.7. The number of aryl methyl sites for hydroxylation is 2. The van der Waals surface area contributed by atoms with Gasteiger partial charge >= 0.3 is 0 Å². The van der Waals surface area contributed by atoms with Crippen LogP contribution < -0.4 is 0 Å². The van der Waals surface area contributed by atoms with E-state index in [0.717, 1.165) is 29.8 Å². The number of morpholine rings is 1. The van der Waals surface area contributed by atoms with Gasteiger partial charge in [-0.15, -0.1) is 0 Å². The molecule has 3 heteroatoms. The van der Waals surface area contributed by atoms with Crippen LogP contribution in [0, 0.1) is 13.8 Å². The van der Waals surface area contributed by atoms with E-state index < -0.39 is 0 Å². The highest BCUT2D eigenvalue weighted by Crippen LogP contribution is 2.25. The summed E-state index contributed by atoms with van der Waals surface area (Å²) in [5.74, 6) is 0.145. The number of fused-ring (bicyclic) bond motifs is 1. The predicted molar refractivity (Wildman–Crippen MR) is 74.6 cm³/mol. The monoisotopic (exact) mass is 259 g/mol. The summed E-state index contributed by atoms with van der Waals surface area (Å²) in [5.41, 5.74) is 2.99. The first-order valence-electron chi connectivity index (χ1n) is 7.12. The fourth-order valence-corrected chi connectivity index (χ4v) is 3.15. The molecule has 0 aliphatic carbocycles. The number of ketones is 1. The third-order valence-electron chi connectivity index (χ3n) is 4.34. The van der Waals surface area contributed by atoms with E-state index >= 15 is 0 Å². The van der Waals surface area contributed by atoms with Gasteiger partial charge in [0.15, 0.2) is 5.78 Å². The second-order valence-corrected chi connectivity index (χ2v) is 5.80. The third kappa shape index (κ3) is 2.45. The highest BCUT2D eigenvalue weighted by Gasteiger charge is 2.35. The van der Waals surface area contributed by atoms with Gasteiger partial charge < -0.3 is 4.74 Å². The summed E-state index contributed by atoms with van der Waals surface area (Å²) >= 11 is 0. The van der Waals surface area contributed by atoms with Gasteiger partial charge in [-0.25, -0.2) is 0 Å². The van der Waals surface area contributed by atoms with Crippen molar-refractivity contribution in [1.29, 1.82) is 0 Å². The molecule has 102 valence electrons. The van der Waals surface area contributed by atoms with Crippen molar-refractivity contribution >= 4 is 5.78 Å². The lowest BCUT2D eigenvalue weighted by Gasteiger charge is -2.34. The van der Waals surface area contributed by atoms with Crippen LogP contribution in [-0.4, -0.2) is 42.5 Å². The molecular weight excluding hydrogens is 238 g/mol. The zero-order valence-electron chi connectivity index (χ0n) is 11.7. The summed E-state index contributed by atoms with van der Waals surface area (Å²) in [4.78, 5) is 15.0. The molecule has 2 unspecified atom stereocenters. The molecule has 0 aromatic heterocycles. The summed E-state index contributed by atoms with van der Waals surface area (Å²) in [5, 5.41) is 0. The van der Waals surface area contributed by atoms with Crippen LogP contribution in [0.2, 0.25) is 0 Å². The number of Topliss-reactive ketones (excluding diaryl/α,β-unsaturated/α-hetero) is 1. The average molecular weight is 259 g/mol.